The van der Waals surface area contributed by atoms with Gasteiger partial charge in [0.15, 0.2) is 0 Å². The standard InChI is InChI=1S/C31H30N2O2/c1-22-18-19-24(20-23(22)2)21-28(29(32)34)33-30(35)31(25-12-6-3-7-13-25,26-14-8-4-9-15-26)27-16-10-5-11-17-27/h3-20,28H,21H2,1-2H3,(H2,32,34)(H,33,35)/t28-/m0/s1. The van der Waals surface area contributed by atoms with Gasteiger partial charge in [0, 0.05) is 6.42 Å². The van der Waals surface area contributed by atoms with Gasteiger partial charge in [-0.25, -0.2) is 0 Å². The fourth-order valence-corrected chi connectivity index (χ4v) is 4.61. The van der Waals surface area contributed by atoms with Crippen molar-refractivity contribution in [1.82, 2.24) is 5.32 Å². The molecule has 0 saturated heterocycles. The average molecular weight is 463 g/mol. The number of benzene rings is 4. The zero-order chi connectivity index (χ0) is 24.8. The molecule has 3 N–H and O–H groups in total. The number of nitrogens with two attached hydrogens (primary N) is 1. The molecule has 4 aromatic rings. The maximum atomic E-state index is 14.4. The van der Waals surface area contributed by atoms with Gasteiger partial charge in [-0.2, -0.15) is 0 Å². The number of carbonyl (C=O) groups excluding carboxylic acids is 2. The van der Waals surface area contributed by atoms with E-state index in [2.05, 4.69) is 5.32 Å². The lowest BCUT2D eigenvalue weighted by Gasteiger charge is -2.35. The first-order valence-corrected chi connectivity index (χ1v) is 11.8. The van der Waals surface area contributed by atoms with E-state index in [4.69, 9.17) is 5.73 Å². The summed E-state index contributed by atoms with van der Waals surface area (Å²) in [5, 5.41) is 3.02. The topological polar surface area (TPSA) is 72.2 Å². The molecule has 0 aromatic heterocycles. The molecule has 0 fully saturated rings. The molecule has 0 aliphatic heterocycles. The molecule has 0 heterocycles. The van der Waals surface area contributed by atoms with Crippen LogP contribution in [0.2, 0.25) is 0 Å². The van der Waals surface area contributed by atoms with E-state index >= 15 is 0 Å². The second kappa shape index (κ2) is 10.4. The number of amides is 2. The van der Waals surface area contributed by atoms with Gasteiger partial charge < -0.3 is 11.1 Å². The molecule has 35 heavy (non-hydrogen) atoms. The summed E-state index contributed by atoms with van der Waals surface area (Å²) in [6, 6.07) is 34.1. The molecular weight excluding hydrogens is 432 g/mol. The molecule has 0 saturated carbocycles. The molecule has 176 valence electrons. The van der Waals surface area contributed by atoms with Gasteiger partial charge in [0.2, 0.25) is 11.8 Å². The van der Waals surface area contributed by atoms with E-state index in [1.165, 1.54) is 5.56 Å². The first-order valence-electron chi connectivity index (χ1n) is 11.8. The number of primary amides is 1. The highest BCUT2D eigenvalue weighted by molar-refractivity contribution is 5.98. The number of rotatable bonds is 8. The van der Waals surface area contributed by atoms with Crippen molar-refractivity contribution in [3.8, 4) is 0 Å². The maximum Gasteiger partial charge on any atom is 0.240 e. The highest BCUT2D eigenvalue weighted by Gasteiger charge is 2.44. The van der Waals surface area contributed by atoms with Gasteiger partial charge in [0.1, 0.15) is 11.5 Å². The summed E-state index contributed by atoms with van der Waals surface area (Å²) in [5.41, 5.74) is 10.3. The third-order valence-electron chi connectivity index (χ3n) is 6.62. The monoisotopic (exact) mass is 462 g/mol. The first kappa shape index (κ1) is 24.0. The zero-order valence-electron chi connectivity index (χ0n) is 20.1. The van der Waals surface area contributed by atoms with E-state index in [-0.39, 0.29) is 5.91 Å². The number of hydrogen-bond donors (Lipinski definition) is 2. The van der Waals surface area contributed by atoms with Gasteiger partial charge in [0.25, 0.3) is 0 Å². The molecule has 0 spiro atoms. The Hall–Kier alpha value is -4.18. The van der Waals surface area contributed by atoms with Crippen LogP contribution >= 0.6 is 0 Å². The lowest BCUT2D eigenvalue weighted by atomic mass is 9.68. The number of aryl methyl sites for hydroxylation is 2. The van der Waals surface area contributed by atoms with Crippen LogP contribution in [0.15, 0.2) is 109 Å². The Morgan fingerprint density at radius 1 is 0.714 bits per heavy atom. The molecule has 4 nitrogen and oxygen atoms in total. The summed E-state index contributed by atoms with van der Waals surface area (Å²) >= 11 is 0. The van der Waals surface area contributed by atoms with Crippen molar-refractivity contribution in [1.29, 1.82) is 0 Å². The third-order valence-corrected chi connectivity index (χ3v) is 6.62. The van der Waals surface area contributed by atoms with Crippen molar-refractivity contribution < 1.29 is 9.59 Å². The van der Waals surface area contributed by atoms with Gasteiger partial charge in [-0.3, -0.25) is 9.59 Å². The van der Waals surface area contributed by atoms with Crippen molar-refractivity contribution in [2.24, 2.45) is 5.73 Å². The van der Waals surface area contributed by atoms with Crippen molar-refractivity contribution in [3.05, 3.63) is 143 Å². The second-order valence-corrected chi connectivity index (χ2v) is 8.90. The quantitative estimate of drug-likeness (QED) is 0.368. The highest BCUT2D eigenvalue weighted by atomic mass is 16.2. The van der Waals surface area contributed by atoms with Crippen LogP contribution in [0, 0.1) is 13.8 Å². The minimum atomic E-state index is -1.17. The Morgan fingerprint density at radius 3 is 1.57 bits per heavy atom. The zero-order valence-corrected chi connectivity index (χ0v) is 20.1. The summed E-state index contributed by atoms with van der Waals surface area (Å²) in [6.07, 6.45) is 0.316. The number of carbonyl (C=O) groups is 2. The van der Waals surface area contributed by atoms with Crippen LogP contribution < -0.4 is 11.1 Å². The van der Waals surface area contributed by atoms with E-state index in [0.717, 1.165) is 27.8 Å². The van der Waals surface area contributed by atoms with Crippen molar-refractivity contribution in [2.75, 3.05) is 0 Å². The predicted octanol–water partition coefficient (Wildman–Crippen LogP) is 4.85. The van der Waals surface area contributed by atoms with Crippen LogP contribution in [0.3, 0.4) is 0 Å². The van der Waals surface area contributed by atoms with Crippen LogP contribution in [0.5, 0.6) is 0 Å². The molecular formula is C31H30N2O2. The van der Waals surface area contributed by atoms with Gasteiger partial charge in [-0.1, -0.05) is 109 Å². The third kappa shape index (κ3) is 4.87. The van der Waals surface area contributed by atoms with E-state index in [0.29, 0.717) is 6.42 Å². The highest BCUT2D eigenvalue weighted by Crippen LogP contribution is 2.39. The maximum absolute atomic E-state index is 14.4. The van der Waals surface area contributed by atoms with Gasteiger partial charge in [-0.15, -0.1) is 0 Å². The summed E-state index contributed by atoms with van der Waals surface area (Å²) in [6.45, 7) is 4.07. The van der Waals surface area contributed by atoms with Crippen LogP contribution in [0.1, 0.15) is 33.4 Å². The Morgan fingerprint density at radius 2 is 1.17 bits per heavy atom. The molecule has 0 aliphatic rings. The molecule has 0 radical (unpaired) electrons. The van der Waals surface area contributed by atoms with E-state index in [1.54, 1.807) is 0 Å². The molecule has 4 aromatic carbocycles. The predicted molar refractivity (Wildman–Crippen MR) is 140 cm³/mol. The Labute approximate surface area is 206 Å². The van der Waals surface area contributed by atoms with Crippen LogP contribution in [0.4, 0.5) is 0 Å². The minimum Gasteiger partial charge on any atom is -0.368 e. The van der Waals surface area contributed by atoms with E-state index in [1.807, 2.05) is 123 Å². The Bertz CT molecular complexity index is 1210. The molecule has 4 heteroatoms. The smallest absolute Gasteiger partial charge is 0.240 e. The summed E-state index contributed by atoms with van der Waals surface area (Å²) in [5.74, 6) is -0.867. The van der Waals surface area contributed by atoms with Gasteiger partial charge >= 0.3 is 0 Å². The molecule has 2 amide bonds. The lowest BCUT2D eigenvalue weighted by Crippen LogP contribution is -2.54. The largest absolute Gasteiger partial charge is 0.368 e. The van der Waals surface area contributed by atoms with Crippen LogP contribution in [-0.4, -0.2) is 17.9 Å². The van der Waals surface area contributed by atoms with Crippen LogP contribution in [-0.2, 0) is 21.4 Å². The van der Waals surface area contributed by atoms with Gasteiger partial charge in [-0.05, 0) is 47.2 Å². The lowest BCUT2D eigenvalue weighted by molar-refractivity contribution is -0.129. The van der Waals surface area contributed by atoms with Crippen molar-refractivity contribution >= 4 is 11.8 Å². The Kier molecular flexibility index (Phi) is 7.11. The molecule has 0 unspecified atom stereocenters. The van der Waals surface area contributed by atoms with E-state index < -0.39 is 17.4 Å². The molecule has 4 rings (SSSR count). The molecule has 0 aliphatic carbocycles. The van der Waals surface area contributed by atoms with Crippen molar-refractivity contribution in [3.63, 3.8) is 0 Å². The second-order valence-electron chi connectivity index (χ2n) is 8.90. The molecule has 0 bridgehead atoms. The number of hydrogen-bond acceptors (Lipinski definition) is 2. The molecule has 1 atom stereocenters. The summed E-state index contributed by atoms with van der Waals surface area (Å²) in [4.78, 5) is 26.9. The van der Waals surface area contributed by atoms with E-state index in [9.17, 15) is 9.59 Å². The minimum absolute atomic E-state index is 0.297. The summed E-state index contributed by atoms with van der Waals surface area (Å²) < 4.78 is 0. The fraction of sp³-hybridized carbons (Fsp3) is 0.161. The van der Waals surface area contributed by atoms with Gasteiger partial charge in [0.05, 0.1) is 0 Å². The average Bonchev–Trinajstić information content (AvgIpc) is 2.88. The Balaban J connectivity index is 1.83. The fourth-order valence-electron chi connectivity index (χ4n) is 4.61. The van der Waals surface area contributed by atoms with Crippen molar-refractivity contribution in [2.45, 2.75) is 31.7 Å². The normalized spacial score (nSPS) is 12.1. The van der Waals surface area contributed by atoms with Crippen LogP contribution in [0.25, 0.3) is 0 Å². The SMILES string of the molecule is Cc1ccc(C[C@H](NC(=O)C(c2ccccc2)(c2ccccc2)c2ccccc2)C(N)=O)cc1C. The summed E-state index contributed by atoms with van der Waals surface area (Å²) in [7, 11) is 0. The first-order chi connectivity index (χ1) is 16.9. The number of nitrogens with one attached hydrogen (secondary N) is 1.